The first kappa shape index (κ1) is 27.6. The summed E-state index contributed by atoms with van der Waals surface area (Å²) in [6, 6.07) is 18.2. The highest BCUT2D eigenvalue weighted by Crippen LogP contribution is 2.24. The molecule has 1 fully saturated rings. The van der Waals surface area contributed by atoms with Crippen LogP contribution < -0.4 is 0 Å². The fourth-order valence-electron chi connectivity index (χ4n) is 3.76. The Kier molecular flexibility index (Phi) is 14.0. The maximum atomic E-state index is 12.5. The number of hydrogen-bond acceptors (Lipinski definition) is 4. The third kappa shape index (κ3) is 9.78. The van der Waals surface area contributed by atoms with Crippen molar-refractivity contribution < 1.29 is 14.3 Å². The van der Waals surface area contributed by atoms with Gasteiger partial charge in [-0.05, 0) is 49.4 Å². The number of likely N-dealkylation sites (tertiary alicyclic amines) is 1. The van der Waals surface area contributed by atoms with Gasteiger partial charge >= 0.3 is 5.97 Å². The third-order valence-electron chi connectivity index (χ3n) is 5.27. The monoisotopic (exact) mass is 439 g/mol. The molecule has 2 aromatic carbocycles. The number of benzene rings is 2. The summed E-state index contributed by atoms with van der Waals surface area (Å²) in [4.78, 5) is 25.9. The van der Waals surface area contributed by atoms with Gasteiger partial charge in [-0.25, -0.2) is 0 Å². The van der Waals surface area contributed by atoms with E-state index in [2.05, 4.69) is 23.1 Å². The van der Waals surface area contributed by atoms with Gasteiger partial charge in [-0.2, -0.15) is 0 Å². The zero-order valence-corrected chi connectivity index (χ0v) is 20.6. The summed E-state index contributed by atoms with van der Waals surface area (Å²) in [6.07, 6.45) is 3.59. The Balaban J connectivity index is 0.00000121. The lowest BCUT2D eigenvalue weighted by atomic mass is 9.98. The average Bonchev–Trinajstić information content (AvgIpc) is 2.83. The second-order valence-corrected chi connectivity index (χ2v) is 7.54. The Morgan fingerprint density at radius 3 is 2.12 bits per heavy atom. The van der Waals surface area contributed by atoms with Crippen molar-refractivity contribution in [3.63, 3.8) is 0 Å². The molecule has 0 aromatic heterocycles. The second kappa shape index (κ2) is 16.2. The third-order valence-corrected chi connectivity index (χ3v) is 5.27. The van der Waals surface area contributed by atoms with E-state index < -0.39 is 0 Å². The van der Waals surface area contributed by atoms with Gasteiger partial charge < -0.3 is 14.4 Å². The van der Waals surface area contributed by atoms with Crippen molar-refractivity contribution in [2.75, 3.05) is 19.6 Å². The number of Topliss-reactive ketones (excluding diaryl/α,β-unsaturated/α-hetero) is 1. The Labute approximate surface area is 195 Å². The maximum Gasteiger partial charge on any atom is 0.310 e. The molecule has 1 saturated heterocycles. The van der Waals surface area contributed by atoms with E-state index in [9.17, 15) is 9.59 Å². The van der Waals surface area contributed by atoms with E-state index in [0.717, 1.165) is 55.6 Å². The van der Waals surface area contributed by atoms with Gasteiger partial charge in [0.1, 0.15) is 11.9 Å². The number of ketones is 1. The molecule has 0 atom stereocenters. The summed E-state index contributed by atoms with van der Waals surface area (Å²) in [6.45, 7) is 12.4. The molecule has 1 aliphatic heterocycles. The van der Waals surface area contributed by atoms with Crippen LogP contribution >= 0.6 is 0 Å². The standard InChI is InChI=1S/C24H29NO3.2C2H6/c1-19(26)8-7-15-25-16-13-22(14-17-25)28-24(27)18-21-11-5-6-12-23(21)20-9-3-2-4-10-20;2*1-2/h2-6,9-12,22H,7-8,13-18H2,1H3;2*1-2H3. The van der Waals surface area contributed by atoms with E-state index in [1.165, 1.54) is 0 Å². The lowest BCUT2D eigenvalue weighted by Gasteiger charge is -2.31. The first-order valence-corrected chi connectivity index (χ1v) is 12.2. The molecule has 4 nitrogen and oxygen atoms in total. The van der Waals surface area contributed by atoms with Crippen LogP contribution in [0.1, 0.15) is 65.9 Å². The number of ether oxygens (including phenoxy) is 1. The topological polar surface area (TPSA) is 46.6 Å². The van der Waals surface area contributed by atoms with Crippen molar-refractivity contribution in [1.29, 1.82) is 0 Å². The fraction of sp³-hybridized carbons (Fsp3) is 0.500. The van der Waals surface area contributed by atoms with Crippen LogP contribution in [-0.2, 0) is 20.7 Å². The summed E-state index contributed by atoms with van der Waals surface area (Å²) in [5.41, 5.74) is 3.20. The number of piperidine rings is 1. The first-order valence-electron chi connectivity index (χ1n) is 12.2. The summed E-state index contributed by atoms with van der Waals surface area (Å²) in [7, 11) is 0. The number of rotatable bonds is 8. The highest BCUT2D eigenvalue weighted by molar-refractivity contribution is 5.78. The quantitative estimate of drug-likeness (QED) is 0.451. The molecule has 176 valence electrons. The van der Waals surface area contributed by atoms with Crippen molar-refractivity contribution >= 4 is 11.8 Å². The van der Waals surface area contributed by atoms with Crippen molar-refractivity contribution in [2.45, 2.75) is 72.8 Å². The Hall–Kier alpha value is -2.46. The van der Waals surface area contributed by atoms with Crippen LogP contribution in [0.25, 0.3) is 11.1 Å². The van der Waals surface area contributed by atoms with E-state index in [1.54, 1.807) is 6.92 Å². The number of hydrogen-bond donors (Lipinski definition) is 0. The van der Waals surface area contributed by atoms with Gasteiger partial charge in [-0.15, -0.1) is 0 Å². The van der Waals surface area contributed by atoms with Crippen LogP contribution in [-0.4, -0.2) is 42.4 Å². The van der Waals surface area contributed by atoms with Crippen molar-refractivity contribution in [3.05, 3.63) is 60.2 Å². The van der Waals surface area contributed by atoms with Crippen molar-refractivity contribution in [2.24, 2.45) is 0 Å². The van der Waals surface area contributed by atoms with Gasteiger partial charge in [0.15, 0.2) is 0 Å². The van der Waals surface area contributed by atoms with Crippen molar-refractivity contribution in [3.8, 4) is 11.1 Å². The Morgan fingerprint density at radius 1 is 0.906 bits per heavy atom. The van der Waals surface area contributed by atoms with E-state index in [0.29, 0.717) is 12.8 Å². The minimum absolute atomic E-state index is 0.000412. The van der Waals surface area contributed by atoms with Gasteiger partial charge in [0, 0.05) is 19.5 Å². The molecular weight excluding hydrogens is 398 g/mol. The molecule has 32 heavy (non-hydrogen) atoms. The minimum atomic E-state index is -0.154. The highest BCUT2D eigenvalue weighted by atomic mass is 16.5. The summed E-state index contributed by atoms with van der Waals surface area (Å²) in [5, 5.41) is 0. The molecule has 3 rings (SSSR count). The molecular formula is C28H41NO3. The summed E-state index contributed by atoms with van der Waals surface area (Å²) >= 11 is 0. The summed E-state index contributed by atoms with van der Waals surface area (Å²) in [5.74, 6) is 0.0954. The van der Waals surface area contributed by atoms with E-state index in [-0.39, 0.29) is 17.9 Å². The maximum absolute atomic E-state index is 12.5. The zero-order chi connectivity index (χ0) is 23.8. The van der Waals surface area contributed by atoms with Crippen LogP contribution in [0.3, 0.4) is 0 Å². The average molecular weight is 440 g/mol. The molecule has 0 spiro atoms. The second-order valence-electron chi connectivity index (χ2n) is 7.54. The van der Waals surface area contributed by atoms with Crippen LogP contribution in [0, 0.1) is 0 Å². The molecule has 0 radical (unpaired) electrons. The highest BCUT2D eigenvalue weighted by Gasteiger charge is 2.22. The number of nitrogens with zero attached hydrogens (tertiary/aromatic N) is 1. The molecule has 0 amide bonds. The Bertz CT molecular complexity index is 780. The van der Waals surface area contributed by atoms with Gasteiger partial charge in [-0.1, -0.05) is 82.3 Å². The van der Waals surface area contributed by atoms with Gasteiger partial charge in [0.25, 0.3) is 0 Å². The molecule has 0 bridgehead atoms. The fourth-order valence-corrected chi connectivity index (χ4v) is 3.76. The molecule has 4 heteroatoms. The smallest absolute Gasteiger partial charge is 0.310 e. The first-order chi connectivity index (χ1) is 15.6. The predicted octanol–water partition coefficient (Wildman–Crippen LogP) is 6.33. The molecule has 0 N–H and O–H groups in total. The molecule has 1 aliphatic rings. The van der Waals surface area contributed by atoms with Crippen LogP contribution in [0.2, 0.25) is 0 Å². The molecule has 2 aromatic rings. The molecule has 0 unspecified atom stereocenters. The van der Waals surface area contributed by atoms with Crippen LogP contribution in [0.15, 0.2) is 54.6 Å². The molecule has 0 aliphatic carbocycles. The van der Waals surface area contributed by atoms with Crippen LogP contribution in [0.4, 0.5) is 0 Å². The van der Waals surface area contributed by atoms with Gasteiger partial charge in [0.2, 0.25) is 0 Å². The number of carbonyl (C=O) groups excluding carboxylic acids is 2. The molecule has 0 saturated carbocycles. The SMILES string of the molecule is CC.CC.CC(=O)CCCN1CCC(OC(=O)Cc2ccccc2-c2ccccc2)CC1. The van der Waals surface area contributed by atoms with E-state index in [4.69, 9.17) is 4.74 Å². The van der Waals surface area contributed by atoms with E-state index in [1.807, 2.05) is 64.1 Å². The van der Waals surface area contributed by atoms with Gasteiger partial charge in [0.05, 0.1) is 6.42 Å². The van der Waals surface area contributed by atoms with Crippen molar-refractivity contribution in [1.82, 2.24) is 4.90 Å². The zero-order valence-electron chi connectivity index (χ0n) is 20.6. The van der Waals surface area contributed by atoms with Crippen LogP contribution in [0.5, 0.6) is 0 Å². The largest absolute Gasteiger partial charge is 0.462 e. The Morgan fingerprint density at radius 2 is 1.50 bits per heavy atom. The lowest BCUT2D eigenvalue weighted by Crippen LogP contribution is -2.38. The normalized spacial score (nSPS) is 13.8. The van der Waals surface area contributed by atoms with Gasteiger partial charge in [-0.3, -0.25) is 4.79 Å². The summed E-state index contributed by atoms with van der Waals surface area (Å²) < 4.78 is 5.76. The number of carbonyl (C=O) groups is 2. The molecule has 1 heterocycles. The predicted molar refractivity (Wildman–Crippen MR) is 134 cm³/mol. The number of esters is 1. The van der Waals surface area contributed by atoms with E-state index >= 15 is 0 Å². The lowest BCUT2D eigenvalue weighted by molar-refractivity contribution is -0.150. The minimum Gasteiger partial charge on any atom is -0.462 e.